The molecule has 0 spiro atoms. The summed E-state index contributed by atoms with van der Waals surface area (Å²) >= 11 is 0. The van der Waals surface area contributed by atoms with E-state index in [1.807, 2.05) is 30.3 Å². The summed E-state index contributed by atoms with van der Waals surface area (Å²) in [4.78, 5) is 24.5. The van der Waals surface area contributed by atoms with Gasteiger partial charge in [-0.2, -0.15) is 0 Å². The van der Waals surface area contributed by atoms with Gasteiger partial charge in [-0.05, 0) is 23.8 Å². The largest absolute Gasteiger partial charge is 0.422 e. The van der Waals surface area contributed by atoms with Gasteiger partial charge < -0.3 is 8.83 Å². The number of fused-ring (bicyclic) bond motifs is 3. The van der Waals surface area contributed by atoms with Gasteiger partial charge in [-0.15, -0.1) is 0 Å². The molecule has 0 bridgehead atoms. The second-order valence-electron chi connectivity index (χ2n) is 5.35. The maximum atomic E-state index is 12.3. The molecule has 0 saturated carbocycles. The van der Waals surface area contributed by atoms with Gasteiger partial charge in [-0.25, -0.2) is 9.59 Å². The van der Waals surface area contributed by atoms with E-state index in [1.165, 1.54) is 0 Å². The third kappa shape index (κ3) is 2.34. The molecule has 0 aliphatic rings. The molecule has 0 fully saturated rings. The first-order valence-corrected chi connectivity index (χ1v) is 7.25. The van der Waals surface area contributed by atoms with Gasteiger partial charge in [0.15, 0.2) is 5.58 Å². The number of rotatable bonds is 2. The Balaban J connectivity index is 1.97. The van der Waals surface area contributed by atoms with Crippen molar-refractivity contribution < 1.29 is 8.83 Å². The Kier molecular flexibility index (Phi) is 3.08. The molecule has 2 heterocycles. The number of para-hydroxylation sites is 1. The van der Waals surface area contributed by atoms with Crippen molar-refractivity contribution in [2.75, 3.05) is 0 Å². The van der Waals surface area contributed by atoms with Gasteiger partial charge in [-0.1, -0.05) is 42.5 Å². The van der Waals surface area contributed by atoms with Gasteiger partial charge in [0.25, 0.3) is 0 Å². The lowest BCUT2D eigenvalue weighted by molar-refractivity contribution is 0.537. The van der Waals surface area contributed by atoms with Gasteiger partial charge in [0.2, 0.25) is 0 Å². The Hall–Kier alpha value is -3.14. The minimum atomic E-state index is -0.503. The molecule has 0 unspecified atom stereocenters. The van der Waals surface area contributed by atoms with Crippen LogP contribution < -0.4 is 11.3 Å². The van der Waals surface area contributed by atoms with Crippen molar-refractivity contribution in [1.29, 1.82) is 0 Å². The number of hydrogen-bond acceptors (Lipinski definition) is 4. The average Bonchev–Trinajstić information content (AvgIpc) is 2.57. The predicted molar refractivity (Wildman–Crippen MR) is 87.8 cm³/mol. The van der Waals surface area contributed by atoms with E-state index in [-0.39, 0.29) is 11.0 Å². The lowest BCUT2D eigenvalue weighted by Gasteiger charge is -2.04. The summed E-state index contributed by atoms with van der Waals surface area (Å²) in [6, 6.07) is 18.1. The molecule has 0 aliphatic carbocycles. The van der Waals surface area contributed by atoms with E-state index >= 15 is 0 Å². The number of benzene rings is 2. The zero-order valence-corrected chi connectivity index (χ0v) is 12.1. The highest BCUT2D eigenvalue weighted by atomic mass is 16.4. The molecule has 0 saturated heterocycles. The van der Waals surface area contributed by atoms with E-state index in [9.17, 15) is 9.59 Å². The molecule has 0 N–H and O–H groups in total. The summed E-state index contributed by atoms with van der Waals surface area (Å²) in [6.07, 6.45) is 0.408. The zero-order chi connectivity index (χ0) is 15.8. The highest BCUT2D eigenvalue weighted by Crippen LogP contribution is 2.22. The summed E-state index contributed by atoms with van der Waals surface area (Å²) < 4.78 is 10.7. The van der Waals surface area contributed by atoms with Gasteiger partial charge in [0, 0.05) is 12.0 Å². The minimum Gasteiger partial charge on any atom is -0.422 e. The Morgan fingerprint density at radius 3 is 2.30 bits per heavy atom. The third-order valence-corrected chi connectivity index (χ3v) is 3.81. The topological polar surface area (TPSA) is 60.4 Å². The Morgan fingerprint density at radius 1 is 0.739 bits per heavy atom. The van der Waals surface area contributed by atoms with Crippen LogP contribution in [0.2, 0.25) is 0 Å². The van der Waals surface area contributed by atoms with Gasteiger partial charge in [-0.3, -0.25) is 0 Å². The molecule has 2 aromatic heterocycles. The van der Waals surface area contributed by atoms with Gasteiger partial charge in [0.1, 0.15) is 11.0 Å². The molecule has 0 radical (unpaired) electrons. The first-order chi connectivity index (χ1) is 11.2. The van der Waals surface area contributed by atoms with Crippen LogP contribution in [0.25, 0.3) is 21.9 Å². The fraction of sp³-hybridized carbons (Fsp3) is 0.0526. The lowest BCUT2D eigenvalue weighted by atomic mass is 10.1. The summed E-state index contributed by atoms with van der Waals surface area (Å²) in [7, 11) is 0. The van der Waals surface area contributed by atoms with E-state index in [2.05, 4.69) is 0 Å². The number of hydrogen-bond donors (Lipinski definition) is 0. The Morgan fingerprint density at radius 2 is 1.48 bits per heavy atom. The summed E-state index contributed by atoms with van der Waals surface area (Å²) in [5.74, 6) is 0. The molecule has 23 heavy (non-hydrogen) atoms. The maximum absolute atomic E-state index is 12.3. The summed E-state index contributed by atoms with van der Waals surface area (Å²) in [5, 5.41) is 0.902. The molecule has 4 heteroatoms. The normalized spacial score (nSPS) is 11.1. The Labute approximate surface area is 130 Å². The van der Waals surface area contributed by atoms with Gasteiger partial charge in [0.05, 0.1) is 5.39 Å². The first-order valence-electron chi connectivity index (χ1n) is 7.25. The molecule has 4 rings (SSSR count). The quantitative estimate of drug-likeness (QED) is 0.420. The molecule has 112 valence electrons. The van der Waals surface area contributed by atoms with Crippen LogP contribution in [-0.4, -0.2) is 0 Å². The smallest absolute Gasteiger partial charge is 0.347 e. The molecule has 0 amide bonds. The second-order valence-corrected chi connectivity index (χ2v) is 5.35. The van der Waals surface area contributed by atoms with E-state index in [0.29, 0.717) is 23.0 Å². The van der Waals surface area contributed by atoms with Crippen LogP contribution in [0.4, 0.5) is 0 Å². The maximum Gasteiger partial charge on any atom is 0.347 e. The molecule has 4 aromatic rings. The fourth-order valence-electron chi connectivity index (χ4n) is 2.70. The van der Waals surface area contributed by atoms with Crippen molar-refractivity contribution >= 4 is 21.9 Å². The van der Waals surface area contributed by atoms with Crippen LogP contribution >= 0.6 is 0 Å². The van der Waals surface area contributed by atoms with Crippen LogP contribution in [0.5, 0.6) is 0 Å². The van der Waals surface area contributed by atoms with Crippen LogP contribution in [0.3, 0.4) is 0 Å². The third-order valence-electron chi connectivity index (χ3n) is 3.81. The zero-order valence-electron chi connectivity index (χ0n) is 12.1. The predicted octanol–water partition coefficient (Wildman–Crippen LogP) is 3.49. The molecule has 0 atom stereocenters. The Bertz CT molecular complexity index is 1120. The van der Waals surface area contributed by atoms with Crippen molar-refractivity contribution in [2.24, 2.45) is 0 Å². The summed E-state index contributed by atoms with van der Waals surface area (Å²) in [6.45, 7) is 0. The van der Waals surface area contributed by atoms with E-state index in [0.717, 1.165) is 5.56 Å². The molecule has 0 aliphatic heterocycles. The van der Waals surface area contributed by atoms with Crippen LogP contribution in [0, 0.1) is 0 Å². The highest BCUT2D eigenvalue weighted by Gasteiger charge is 2.13. The minimum absolute atomic E-state index is 0.277. The van der Waals surface area contributed by atoms with E-state index in [4.69, 9.17) is 8.83 Å². The van der Waals surface area contributed by atoms with E-state index in [1.54, 1.807) is 30.3 Å². The fourth-order valence-corrected chi connectivity index (χ4v) is 2.70. The van der Waals surface area contributed by atoms with Crippen LogP contribution in [-0.2, 0) is 6.42 Å². The van der Waals surface area contributed by atoms with Gasteiger partial charge >= 0.3 is 11.3 Å². The second kappa shape index (κ2) is 5.25. The molecular formula is C19H12O4. The van der Waals surface area contributed by atoms with Crippen LogP contribution in [0.1, 0.15) is 11.1 Å². The monoisotopic (exact) mass is 304 g/mol. The standard InChI is InChI=1S/C19H12O4/c20-18-13(10-12-6-2-1-3-7-12)11-15-17(23-18)14-8-4-5-9-16(14)22-19(15)21/h1-9,11H,10H2. The van der Waals surface area contributed by atoms with Crippen molar-refractivity contribution in [2.45, 2.75) is 6.42 Å². The average molecular weight is 304 g/mol. The molecule has 4 nitrogen and oxygen atoms in total. The highest BCUT2D eigenvalue weighted by molar-refractivity contribution is 6.00. The summed E-state index contributed by atoms with van der Waals surface area (Å²) in [5.41, 5.74) is 1.16. The van der Waals surface area contributed by atoms with Crippen molar-refractivity contribution in [3.8, 4) is 0 Å². The van der Waals surface area contributed by atoms with Crippen molar-refractivity contribution in [3.63, 3.8) is 0 Å². The lowest BCUT2D eigenvalue weighted by Crippen LogP contribution is -2.11. The van der Waals surface area contributed by atoms with Crippen LogP contribution in [0.15, 0.2) is 79.1 Å². The van der Waals surface area contributed by atoms with Crippen molar-refractivity contribution in [3.05, 3.63) is 92.6 Å². The first kappa shape index (κ1) is 13.5. The van der Waals surface area contributed by atoms with E-state index < -0.39 is 11.3 Å². The molecular weight excluding hydrogens is 292 g/mol. The van der Waals surface area contributed by atoms with Crippen molar-refractivity contribution in [1.82, 2.24) is 0 Å². The SMILES string of the molecule is O=c1oc2c(cc1Cc1ccccc1)c(=O)oc1ccccc12. The molecule has 2 aromatic carbocycles.